The largest absolute Gasteiger partial charge is 1.00 e. The third-order valence-corrected chi connectivity index (χ3v) is 2.97. The van der Waals surface area contributed by atoms with E-state index in [2.05, 4.69) is 0 Å². The smallest absolute Gasteiger partial charge is 0.550 e. The number of carboxylic acid groups (broad SMARTS) is 3. The number of carbonyl (C=O) groups is 3. The van der Waals surface area contributed by atoms with Crippen LogP contribution in [-0.2, 0) is 33.6 Å². The Balaban J connectivity index is -0.00000147. The quantitative estimate of drug-likeness (QED) is 0.374. The van der Waals surface area contributed by atoms with Crippen LogP contribution in [0.25, 0.3) is 0 Å². The molecule has 24 heavy (non-hydrogen) atoms. The molecule has 1 aromatic carbocycles. The van der Waals surface area contributed by atoms with Crippen molar-refractivity contribution in [2.24, 2.45) is 0 Å². The molecule has 0 bridgehead atoms. The van der Waals surface area contributed by atoms with E-state index >= 15 is 0 Å². The zero-order chi connectivity index (χ0) is 15.8. The third kappa shape index (κ3) is 15.6. The fourth-order valence-electron chi connectivity index (χ4n) is 2.01. The molecule has 0 aliphatic rings. The van der Waals surface area contributed by atoms with Gasteiger partial charge >= 0.3 is 154 Å². The van der Waals surface area contributed by atoms with Crippen LogP contribution in [0.3, 0.4) is 0 Å². The number of carbonyl (C=O) groups excluding carboxylic acids is 3. The number of hydrogen-bond donors (Lipinski definition) is 0. The number of hydrogen-bond acceptors (Lipinski definition) is 6. The Hall–Kier alpha value is 2.54. The molecular formula is C15H15K3O6. The monoisotopic (exact) mass is 408 g/mol. The van der Waals surface area contributed by atoms with Crippen molar-refractivity contribution >= 4 is 17.9 Å². The van der Waals surface area contributed by atoms with Gasteiger partial charge in [0.05, 0.1) is 0 Å². The van der Waals surface area contributed by atoms with Gasteiger partial charge in [-0.3, -0.25) is 0 Å². The van der Waals surface area contributed by atoms with E-state index in [0.717, 1.165) is 0 Å². The van der Waals surface area contributed by atoms with Gasteiger partial charge in [0, 0.05) is 17.9 Å². The van der Waals surface area contributed by atoms with E-state index in [1.165, 1.54) is 0 Å². The Bertz CT molecular complexity index is 459. The molecule has 0 N–H and O–H groups in total. The van der Waals surface area contributed by atoms with E-state index in [0.29, 0.717) is 16.7 Å². The molecule has 9 heteroatoms. The summed E-state index contributed by atoms with van der Waals surface area (Å²) in [6, 6.07) is 5.15. The van der Waals surface area contributed by atoms with Crippen molar-refractivity contribution in [2.75, 3.05) is 0 Å². The minimum Gasteiger partial charge on any atom is -0.550 e. The Morgan fingerprint density at radius 3 is 0.958 bits per heavy atom. The fourth-order valence-corrected chi connectivity index (χ4v) is 2.01. The standard InChI is InChI=1S/C15H18O6.3K/c16-13(17)4-1-10-7-11(2-5-14(18)19)9-12(8-10)3-6-15(20)21;;;/h7-9H,1-6H2,(H,16,17)(H,18,19)(H,20,21);;;/q;3*+1/p-3. The maximum Gasteiger partial charge on any atom is 1.00 e. The second-order valence-corrected chi connectivity index (χ2v) is 4.77. The van der Waals surface area contributed by atoms with Gasteiger partial charge in [-0.2, -0.15) is 0 Å². The summed E-state index contributed by atoms with van der Waals surface area (Å²) in [5.41, 5.74) is 2.13. The van der Waals surface area contributed by atoms with Crippen molar-refractivity contribution in [3.63, 3.8) is 0 Å². The molecule has 1 aromatic rings. The van der Waals surface area contributed by atoms with E-state index in [1.807, 2.05) is 0 Å². The molecule has 1 rings (SSSR count). The van der Waals surface area contributed by atoms with E-state index in [9.17, 15) is 29.7 Å². The summed E-state index contributed by atoms with van der Waals surface area (Å²) in [7, 11) is 0. The predicted molar refractivity (Wildman–Crippen MR) is 66.4 cm³/mol. The Kier molecular flexibility index (Phi) is 22.9. The first kappa shape index (κ1) is 31.2. The molecule has 0 amide bonds. The summed E-state index contributed by atoms with van der Waals surface area (Å²) in [4.78, 5) is 31.5. The van der Waals surface area contributed by atoms with Crippen LogP contribution in [0.5, 0.6) is 0 Å². The van der Waals surface area contributed by atoms with Gasteiger partial charge in [0.2, 0.25) is 0 Å². The van der Waals surface area contributed by atoms with Crippen LogP contribution in [0.4, 0.5) is 0 Å². The number of aryl methyl sites for hydroxylation is 3. The van der Waals surface area contributed by atoms with Gasteiger partial charge in [0.1, 0.15) is 0 Å². The summed E-state index contributed by atoms with van der Waals surface area (Å²) in [5.74, 6) is -3.52. The van der Waals surface area contributed by atoms with Gasteiger partial charge in [-0.25, -0.2) is 0 Å². The molecule has 0 aliphatic heterocycles. The normalized spacial score (nSPS) is 9.00. The SMILES string of the molecule is O=C([O-])CCc1cc(CCC(=O)[O-])cc(CCC(=O)[O-])c1.[K+].[K+].[K+]. The van der Waals surface area contributed by atoms with Gasteiger partial charge in [-0.1, -0.05) is 18.2 Å². The Morgan fingerprint density at radius 2 is 0.792 bits per heavy atom. The molecule has 0 spiro atoms. The summed E-state index contributed by atoms with van der Waals surface area (Å²) in [6.45, 7) is 0. The molecule has 114 valence electrons. The first-order chi connectivity index (χ1) is 9.86. The zero-order valence-corrected chi connectivity index (χ0v) is 23.8. The van der Waals surface area contributed by atoms with Crippen molar-refractivity contribution in [1.82, 2.24) is 0 Å². The molecule has 0 radical (unpaired) electrons. The number of benzene rings is 1. The van der Waals surface area contributed by atoms with Crippen LogP contribution in [-0.4, -0.2) is 17.9 Å². The second-order valence-electron chi connectivity index (χ2n) is 4.77. The van der Waals surface area contributed by atoms with Crippen LogP contribution < -0.4 is 169 Å². The van der Waals surface area contributed by atoms with Crippen molar-refractivity contribution in [3.8, 4) is 0 Å². The minimum atomic E-state index is -1.17. The average Bonchev–Trinajstić information content (AvgIpc) is 2.40. The first-order valence-electron chi connectivity index (χ1n) is 6.58. The van der Waals surface area contributed by atoms with Crippen LogP contribution in [0.15, 0.2) is 18.2 Å². The summed E-state index contributed by atoms with van der Waals surface area (Å²) >= 11 is 0. The van der Waals surface area contributed by atoms with Crippen molar-refractivity contribution in [2.45, 2.75) is 38.5 Å². The first-order valence-corrected chi connectivity index (χ1v) is 6.58. The zero-order valence-electron chi connectivity index (χ0n) is 14.4. The van der Waals surface area contributed by atoms with Gasteiger partial charge in [-0.05, 0) is 55.2 Å². The molecule has 0 heterocycles. The van der Waals surface area contributed by atoms with Crippen LogP contribution in [0.2, 0.25) is 0 Å². The maximum atomic E-state index is 10.5. The molecular weight excluding hydrogens is 393 g/mol. The minimum absolute atomic E-state index is 0. The number of aliphatic carboxylic acids is 3. The Morgan fingerprint density at radius 1 is 0.583 bits per heavy atom. The van der Waals surface area contributed by atoms with Gasteiger partial charge in [0.15, 0.2) is 0 Å². The van der Waals surface area contributed by atoms with E-state index in [-0.39, 0.29) is 193 Å². The Labute approximate surface area is 268 Å². The molecule has 6 nitrogen and oxygen atoms in total. The molecule has 0 fully saturated rings. The van der Waals surface area contributed by atoms with Crippen molar-refractivity contribution < 1.29 is 184 Å². The number of rotatable bonds is 9. The van der Waals surface area contributed by atoms with E-state index < -0.39 is 17.9 Å². The van der Waals surface area contributed by atoms with Crippen molar-refractivity contribution in [3.05, 3.63) is 34.9 Å². The molecule has 0 aromatic heterocycles. The third-order valence-electron chi connectivity index (χ3n) is 2.97. The van der Waals surface area contributed by atoms with Crippen LogP contribution in [0.1, 0.15) is 36.0 Å². The maximum absolute atomic E-state index is 10.5. The van der Waals surface area contributed by atoms with E-state index in [4.69, 9.17) is 0 Å². The number of carboxylic acids is 3. The molecule has 0 unspecified atom stereocenters. The summed E-state index contributed by atoms with van der Waals surface area (Å²) < 4.78 is 0. The van der Waals surface area contributed by atoms with Crippen LogP contribution in [0, 0.1) is 0 Å². The predicted octanol–water partition coefficient (Wildman–Crippen LogP) is -11.3. The van der Waals surface area contributed by atoms with E-state index in [1.54, 1.807) is 18.2 Å². The molecule has 0 saturated heterocycles. The van der Waals surface area contributed by atoms with Crippen molar-refractivity contribution in [1.29, 1.82) is 0 Å². The molecule has 0 atom stereocenters. The molecule has 0 aliphatic carbocycles. The average molecular weight is 409 g/mol. The molecule has 0 saturated carbocycles. The van der Waals surface area contributed by atoms with Gasteiger partial charge in [0.25, 0.3) is 0 Å². The van der Waals surface area contributed by atoms with Gasteiger partial charge < -0.3 is 29.7 Å². The summed E-state index contributed by atoms with van der Waals surface area (Å²) in [6.07, 6.45) is 0.303. The summed E-state index contributed by atoms with van der Waals surface area (Å²) in [5, 5.41) is 31.5. The van der Waals surface area contributed by atoms with Crippen LogP contribution >= 0.6 is 0 Å². The van der Waals surface area contributed by atoms with Gasteiger partial charge in [-0.15, -0.1) is 0 Å². The second kappa shape index (κ2) is 17.6. The topological polar surface area (TPSA) is 120 Å². The fraction of sp³-hybridized carbons (Fsp3) is 0.400.